The summed E-state index contributed by atoms with van der Waals surface area (Å²) >= 11 is 0. The molecule has 1 aliphatic heterocycles. The summed E-state index contributed by atoms with van der Waals surface area (Å²) in [6, 6.07) is 10.2. The summed E-state index contributed by atoms with van der Waals surface area (Å²) in [5, 5.41) is 5.18. The van der Waals surface area contributed by atoms with Gasteiger partial charge in [0.15, 0.2) is 0 Å². The molecule has 0 atom stereocenters. The molecule has 0 saturated heterocycles. The van der Waals surface area contributed by atoms with Gasteiger partial charge in [0.1, 0.15) is 10.6 Å². The number of carbonyl (C=O) groups excluding carboxylic acids is 2. The lowest BCUT2D eigenvalue weighted by Gasteiger charge is -2.17. The molecule has 0 spiro atoms. The van der Waals surface area contributed by atoms with Crippen molar-refractivity contribution in [3.05, 3.63) is 53.6 Å². The second-order valence-corrected chi connectivity index (χ2v) is 7.05. The van der Waals surface area contributed by atoms with Crippen molar-refractivity contribution in [3.8, 4) is 5.75 Å². The molecule has 130 valence electrons. The number of hydrogen-bond donors (Lipinski definition) is 2. The van der Waals surface area contributed by atoms with Crippen molar-refractivity contribution in [2.24, 2.45) is 0 Å². The van der Waals surface area contributed by atoms with Gasteiger partial charge in [-0.3, -0.25) is 9.59 Å². The van der Waals surface area contributed by atoms with Crippen LogP contribution in [-0.2, 0) is 21.3 Å². The van der Waals surface area contributed by atoms with E-state index in [9.17, 15) is 18.0 Å². The quantitative estimate of drug-likeness (QED) is 0.808. The molecule has 8 heteroatoms. The van der Waals surface area contributed by atoms with Crippen LogP contribution < -0.4 is 14.8 Å². The molecule has 1 aliphatic rings. The average Bonchev–Trinajstić information content (AvgIpc) is 2.61. The van der Waals surface area contributed by atoms with Crippen molar-refractivity contribution >= 4 is 27.6 Å². The maximum atomic E-state index is 12.4. The summed E-state index contributed by atoms with van der Waals surface area (Å²) in [5.41, 5.74) is 1.84. The van der Waals surface area contributed by atoms with Crippen LogP contribution in [0.15, 0.2) is 47.4 Å². The molecule has 2 aromatic carbocycles. The maximum absolute atomic E-state index is 12.4. The number of benzene rings is 2. The van der Waals surface area contributed by atoms with Gasteiger partial charge in [0.05, 0.1) is 0 Å². The third kappa shape index (κ3) is 3.63. The number of nitrogens with one attached hydrogen (secondary N) is 2. The molecule has 0 unspecified atom stereocenters. The lowest BCUT2D eigenvalue weighted by molar-refractivity contribution is -0.116. The number of anilines is 1. The molecule has 25 heavy (non-hydrogen) atoms. The van der Waals surface area contributed by atoms with Crippen molar-refractivity contribution in [3.63, 3.8) is 0 Å². The molecule has 0 bridgehead atoms. The Morgan fingerprint density at radius 1 is 1.12 bits per heavy atom. The van der Waals surface area contributed by atoms with Crippen LogP contribution >= 0.6 is 0 Å². The molecule has 0 aromatic heterocycles. The highest BCUT2D eigenvalue weighted by Crippen LogP contribution is 2.28. The number of rotatable bonds is 4. The van der Waals surface area contributed by atoms with Gasteiger partial charge in [-0.25, -0.2) is 0 Å². The van der Waals surface area contributed by atoms with E-state index in [-0.39, 0.29) is 22.5 Å². The summed E-state index contributed by atoms with van der Waals surface area (Å²) < 4.78 is 29.9. The van der Waals surface area contributed by atoms with E-state index in [0.29, 0.717) is 24.1 Å². The lowest BCUT2D eigenvalue weighted by atomic mass is 10.0. The van der Waals surface area contributed by atoms with E-state index in [2.05, 4.69) is 10.6 Å². The van der Waals surface area contributed by atoms with Gasteiger partial charge in [0.2, 0.25) is 5.91 Å². The third-order valence-corrected chi connectivity index (χ3v) is 5.07. The molecule has 0 aliphatic carbocycles. The van der Waals surface area contributed by atoms with Crippen LogP contribution in [0.4, 0.5) is 5.69 Å². The summed E-state index contributed by atoms with van der Waals surface area (Å²) in [5.74, 6) is -0.197. The van der Waals surface area contributed by atoms with Crippen molar-refractivity contribution in [1.29, 1.82) is 0 Å². The first kappa shape index (κ1) is 17.0. The Morgan fingerprint density at radius 3 is 2.52 bits per heavy atom. The third-order valence-electron chi connectivity index (χ3n) is 3.81. The zero-order chi connectivity index (χ0) is 18.0. The summed E-state index contributed by atoms with van der Waals surface area (Å²) in [6.45, 7) is 0. The molecule has 1 heterocycles. The molecule has 2 aromatic rings. The van der Waals surface area contributed by atoms with Gasteiger partial charge in [-0.2, -0.15) is 8.42 Å². The summed E-state index contributed by atoms with van der Waals surface area (Å²) in [7, 11) is -2.52. The van der Waals surface area contributed by atoms with Crippen molar-refractivity contribution in [1.82, 2.24) is 5.32 Å². The fourth-order valence-electron chi connectivity index (χ4n) is 2.50. The molecule has 0 radical (unpaired) electrons. The SMILES string of the molecule is CNC(=O)c1ccc(S(=O)(=O)Oc2ccc3c(c2)CCC(=O)N3)cc1. The van der Waals surface area contributed by atoms with Crippen LogP contribution in [0.1, 0.15) is 22.3 Å². The van der Waals surface area contributed by atoms with Gasteiger partial charge < -0.3 is 14.8 Å². The van der Waals surface area contributed by atoms with E-state index in [1.165, 1.54) is 37.4 Å². The molecule has 2 N–H and O–H groups in total. The predicted molar refractivity (Wildman–Crippen MR) is 91.0 cm³/mol. The Hall–Kier alpha value is -2.87. The van der Waals surface area contributed by atoms with Gasteiger partial charge in [-0.15, -0.1) is 0 Å². The smallest absolute Gasteiger partial charge is 0.339 e. The van der Waals surface area contributed by atoms with E-state index in [1.807, 2.05) is 0 Å². The standard InChI is InChI=1S/C17H16N2O5S/c1-18-17(21)11-2-6-14(7-3-11)25(22,23)24-13-5-8-15-12(10-13)4-9-16(20)19-15/h2-3,5-8,10H,4,9H2,1H3,(H,18,21)(H,19,20). The monoisotopic (exact) mass is 360 g/mol. The number of fused-ring (bicyclic) bond motifs is 1. The minimum absolute atomic E-state index is 0.0498. The Labute approximate surface area is 145 Å². The fourth-order valence-corrected chi connectivity index (χ4v) is 3.43. The highest BCUT2D eigenvalue weighted by atomic mass is 32.2. The molecular weight excluding hydrogens is 344 g/mol. The molecule has 2 amide bonds. The Bertz CT molecular complexity index is 936. The Kier molecular flexibility index (Phi) is 4.45. The van der Waals surface area contributed by atoms with Gasteiger partial charge in [0, 0.05) is 24.7 Å². The van der Waals surface area contributed by atoms with Gasteiger partial charge in [-0.05, 0) is 54.4 Å². The highest BCUT2D eigenvalue weighted by Gasteiger charge is 2.20. The van der Waals surface area contributed by atoms with Gasteiger partial charge in [-0.1, -0.05) is 0 Å². The highest BCUT2D eigenvalue weighted by molar-refractivity contribution is 7.87. The van der Waals surface area contributed by atoms with Crippen molar-refractivity contribution < 1.29 is 22.2 Å². The van der Waals surface area contributed by atoms with Crippen LogP contribution in [-0.4, -0.2) is 27.3 Å². The van der Waals surface area contributed by atoms with Crippen molar-refractivity contribution in [2.75, 3.05) is 12.4 Å². The number of hydrogen-bond acceptors (Lipinski definition) is 5. The number of aryl methyl sites for hydroxylation is 1. The van der Waals surface area contributed by atoms with Crippen molar-refractivity contribution in [2.45, 2.75) is 17.7 Å². The fraction of sp³-hybridized carbons (Fsp3) is 0.176. The van der Waals surface area contributed by atoms with E-state index in [1.54, 1.807) is 12.1 Å². The first-order chi connectivity index (χ1) is 11.9. The number of carbonyl (C=O) groups is 2. The van der Waals surface area contributed by atoms with Crippen LogP contribution in [0.5, 0.6) is 5.75 Å². The van der Waals surface area contributed by atoms with Crippen LogP contribution in [0.3, 0.4) is 0 Å². The van der Waals surface area contributed by atoms with Crippen LogP contribution in [0.25, 0.3) is 0 Å². The topological polar surface area (TPSA) is 102 Å². The number of amides is 2. The van der Waals surface area contributed by atoms with Crippen LogP contribution in [0, 0.1) is 0 Å². The summed E-state index contributed by atoms with van der Waals surface area (Å²) in [4.78, 5) is 22.8. The average molecular weight is 360 g/mol. The first-order valence-electron chi connectivity index (χ1n) is 7.58. The summed E-state index contributed by atoms with van der Waals surface area (Å²) in [6.07, 6.45) is 0.878. The van der Waals surface area contributed by atoms with Crippen LogP contribution in [0.2, 0.25) is 0 Å². The van der Waals surface area contributed by atoms with E-state index in [4.69, 9.17) is 4.18 Å². The molecule has 0 fully saturated rings. The zero-order valence-electron chi connectivity index (χ0n) is 13.4. The van der Waals surface area contributed by atoms with Gasteiger partial charge >= 0.3 is 10.1 Å². The lowest BCUT2D eigenvalue weighted by Crippen LogP contribution is -2.19. The zero-order valence-corrected chi connectivity index (χ0v) is 14.2. The normalized spacial score (nSPS) is 13.6. The molecule has 3 rings (SSSR count). The molecular formula is C17H16N2O5S. The van der Waals surface area contributed by atoms with E-state index >= 15 is 0 Å². The molecule has 7 nitrogen and oxygen atoms in total. The van der Waals surface area contributed by atoms with E-state index in [0.717, 1.165) is 5.56 Å². The molecule has 0 saturated carbocycles. The maximum Gasteiger partial charge on any atom is 0.339 e. The minimum atomic E-state index is -4.02. The minimum Gasteiger partial charge on any atom is -0.379 e. The largest absolute Gasteiger partial charge is 0.379 e. The van der Waals surface area contributed by atoms with E-state index < -0.39 is 10.1 Å². The second-order valence-electron chi connectivity index (χ2n) is 5.51. The second kappa shape index (κ2) is 6.56. The Balaban J connectivity index is 1.82. The van der Waals surface area contributed by atoms with Gasteiger partial charge in [0.25, 0.3) is 5.91 Å². The first-order valence-corrected chi connectivity index (χ1v) is 8.99. The Morgan fingerprint density at radius 2 is 1.84 bits per heavy atom. The predicted octanol–water partition coefficient (Wildman–Crippen LogP) is 1.70.